The predicted molar refractivity (Wildman–Crippen MR) is 85.8 cm³/mol. The van der Waals surface area contributed by atoms with Gasteiger partial charge in [-0.25, -0.2) is 13.1 Å². The van der Waals surface area contributed by atoms with Crippen molar-refractivity contribution in [2.75, 3.05) is 25.4 Å². The van der Waals surface area contributed by atoms with Crippen LogP contribution in [-0.2, 0) is 19.6 Å². The third kappa shape index (κ3) is 3.98. The van der Waals surface area contributed by atoms with E-state index in [2.05, 4.69) is 10.0 Å². The summed E-state index contributed by atoms with van der Waals surface area (Å²) >= 11 is 0. The normalized spacial score (nSPS) is 27.2. The molecule has 2 atom stereocenters. The maximum Gasteiger partial charge on any atom is 0.240 e. The molecule has 2 unspecified atom stereocenters. The van der Waals surface area contributed by atoms with Gasteiger partial charge in [0.1, 0.15) is 5.54 Å². The summed E-state index contributed by atoms with van der Waals surface area (Å²) in [5.41, 5.74) is 4.89. The molecule has 1 fully saturated rings. The Labute approximate surface area is 133 Å². The summed E-state index contributed by atoms with van der Waals surface area (Å²) in [6.45, 7) is 8.67. The van der Waals surface area contributed by atoms with Crippen molar-refractivity contribution in [3.63, 3.8) is 0 Å². The van der Waals surface area contributed by atoms with E-state index in [1.165, 1.54) is 0 Å². The lowest BCUT2D eigenvalue weighted by atomic mass is 9.54. The van der Waals surface area contributed by atoms with Crippen molar-refractivity contribution < 1.29 is 17.9 Å². The highest BCUT2D eigenvalue weighted by Crippen LogP contribution is 2.49. The number of ether oxygens (including phenoxy) is 1. The monoisotopic (exact) mass is 335 g/mol. The van der Waals surface area contributed by atoms with Gasteiger partial charge in [-0.3, -0.25) is 4.79 Å². The average molecular weight is 335 g/mol. The second kappa shape index (κ2) is 7.25. The van der Waals surface area contributed by atoms with Gasteiger partial charge in [0.15, 0.2) is 0 Å². The van der Waals surface area contributed by atoms with E-state index < -0.39 is 21.0 Å². The molecule has 0 aromatic carbocycles. The third-order valence-electron chi connectivity index (χ3n) is 4.58. The number of carbonyl (C=O) groups is 1. The Morgan fingerprint density at radius 2 is 1.95 bits per heavy atom. The van der Waals surface area contributed by atoms with Crippen molar-refractivity contribution in [2.45, 2.75) is 52.2 Å². The number of hydrogen-bond acceptors (Lipinski definition) is 5. The highest BCUT2D eigenvalue weighted by molar-refractivity contribution is 7.89. The molecule has 1 amide bonds. The van der Waals surface area contributed by atoms with E-state index in [1.807, 2.05) is 20.8 Å². The summed E-state index contributed by atoms with van der Waals surface area (Å²) in [6.07, 6.45) is 1.02. The molecule has 7 nitrogen and oxygen atoms in total. The van der Waals surface area contributed by atoms with Gasteiger partial charge in [-0.15, -0.1) is 0 Å². The van der Waals surface area contributed by atoms with Gasteiger partial charge in [0.2, 0.25) is 15.9 Å². The van der Waals surface area contributed by atoms with Crippen LogP contribution in [0, 0.1) is 5.41 Å². The van der Waals surface area contributed by atoms with Gasteiger partial charge in [0, 0.05) is 31.5 Å². The van der Waals surface area contributed by atoms with Gasteiger partial charge < -0.3 is 15.8 Å². The molecule has 0 aromatic rings. The van der Waals surface area contributed by atoms with Gasteiger partial charge in [0.05, 0.1) is 11.9 Å². The van der Waals surface area contributed by atoms with Crippen LogP contribution >= 0.6 is 0 Å². The molecule has 0 radical (unpaired) electrons. The molecule has 0 saturated heterocycles. The fourth-order valence-electron chi connectivity index (χ4n) is 2.60. The summed E-state index contributed by atoms with van der Waals surface area (Å²) < 4.78 is 30.6. The predicted octanol–water partition coefficient (Wildman–Crippen LogP) is -0.0355. The summed E-state index contributed by atoms with van der Waals surface area (Å²) in [7, 11) is -3.18. The molecule has 1 rings (SSSR count). The Morgan fingerprint density at radius 3 is 2.45 bits per heavy atom. The first-order valence-electron chi connectivity index (χ1n) is 7.77. The standard InChI is InChI=1S/C14H29N3O4S/c1-5-21-11-10-14(15,13(11,3)4)12(18)16-8-7-9-17-22(19,20)6-2/h11,17H,5-10,15H2,1-4H3,(H,16,18). The van der Waals surface area contributed by atoms with E-state index in [9.17, 15) is 13.2 Å². The van der Waals surface area contributed by atoms with E-state index in [0.717, 1.165) is 0 Å². The lowest BCUT2D eigenvalue weighted by Crippen LogP contribution is -2.75. The minimum atomic E-state index is -3.18. The first-order chi connectivity index (χ1) is 10.1. The van der Waals surface area contributed by atoms with Crippen LogP contribution in [0.1, 0.15) is 40.5 Å². The number of nitrogens with two attached hydrogens (primary N) is 1. The zero-order chi connectivity index (χ0) is 17.0. The zero-order valence-corrected chi connectivity index (χ0v) is 14.8. The molecule has 1 saturated carbocycles. The van der Waals surface area contributed by atoms with Crippen LogP contribution in [0.3, 0.4) is 0 Å². The molecule has 4 N–H and O–H groups in total. The minimum absolute atomic E-state index is 0.00962. The summed E-state index contributed by atoms with van der Waals surface area (Å²) in [4.78, 5) is 12.3. The lowest BCUT2D eigenvalue weighted by Gasteiger charge is -2.57. The van der Waals surface area contributed by atoms with Gasteiger partial charge in [-0.1, -0.05) is 13.8 Å². The SMILES string of the molecule is CCOC1CC(N)(C(=O)NCCCNS(=O)(=O)CC)C1(C)C. The van der Waals surface area contributed by atoms with E-state index >= 15 is 0 Å². The van der Waals surface area contributed by atoms with Crippen molar-refractivity contribution in [3.05, 3.63) is 0 Å². The number of nitrogens with one attached hydrogen (secondary N) is 2. The molecule has 0 bridgehead atoms. The average Bonchev–Trinajstić information content (AvgIpc) is 2.46. The Kier molecular flexibility index (Phi) is 6.37. The molecule has 0 heterocycles. The highest BCUT2D eigenvalue weighted by atomic mass is 32.2. The van der Waals surface area contributed by atoms with Crippen LogP contribution < -0.4 is 15.8 Å². The zero-order valence-electron chi connectivity index (χ0n) is 13.9. The maximum atomic E-state index is 12.3. The summed E-state index contributed by atoms with van der Waals surface area (Å²) in [6, 6.07) is 0. The molecular weight excluding hydrogens is 306 g/mol. The highest BCUT2D eigenvalue weighted by Gasteiger charge is 2.62. The first-order valence-corrected chi connectivity index (χ1v) is 9.42. The van der Waals surface area contributed by atoms with E-state index in [-0.39, 0.29) is 17.8 Å². The van der Waals surface area contributed by atoms with Crippen molar-refractivity contribution >= 4 is 15.9 Å². The van der Waals surface area contributed by atoms with Gasteiger partial charge in [0.25, 0.3) is 0 Å². The number of carbonyl (C=O) groups excluding carboxylic acids is 1. The smallest absolute Gasteiger partial charge is 0.240 e. The molecule has 130 valence electrons. The number of hydrogen-bond donors (Lipinski definition) is 3. The molecule has 1 aliphatic rings. The van der Waals surface area contributed by atoms with Crippen molar-refractivity contribution in [3.8, 4) is 0 Å². The summed E-state index contributed by atoms with van der Waals surface area (Å²) in [5.74, 6) is -0.148. The van der Waals surface area contributed by atoms with Crippen LogP contribution in [0.2, 0.25) is 0 Å². The quantitative estimate of drug-likeness (QED) is 0.512. The van der Waals surface area contributed by atoms with E-state index in [4.69, 9.17) is 10.5 Å². The van der Waals surface area contributed by atoms with Gasteiger partial charge >= 0.3 is 0 Å². The number of amides is 1. The van der Waals surface area contributed by atoms with Crippen molar-refractivity contribution in [1.82, 2.24) is 10.0 Å². The largest absolute Gasteiger partial charge is 0.378 e. The van der Waals surface area contributed by atoms with Crippen LogP contribution in [0.25, 0.3) is 0 Å². The minimum Gasteiger partial charge on any atom is -0.378 e. The Hall–Kier alpha value is -0.700. The molecule has 1 aliphatic carbocycles. The Balaban J connectivity index is 2.37. The second-order valence-electron chi connectivity index (χ2n) is 6.25. The first kappa shape index (κ1) is 19.3. The summed E-state index contributed by atoms with van der Waals surface area (Å²) in [5, 5.41) is 2.79. The van der Waals surface area contributed by atoms with Crippen LogP contribution in [0.4, 0.5) is 0 Å². The topological polar surface area (TPSA) is 111 Å². The molecule has 8 heteroatoms. The molecule has 0 spiro atoms. The fourth-order valence-corrected chi connectivity index (χ4v) is 3.26. The second-order valence-corrected chi connectivity index (χ2v) is 8.34. The molecular formula is C14H29N3O4S. The van der Waals surface area contributed by atoms with Crippen LogP contribution in [-0.4, -0.2) is 51.4 Å². The molecule has 22 heavy (non-hydrogen) atoms. The molecule has 0 aliphatic heterocycles. The van der Waals surface area contributed by atoms with Gasteiger partial charge in [-0.05, 0) is 20.3 Å². The Bertz CT molecular complexity index is 492. The number of rotatable bonds is 9. The third-order valence-corrected chi connectivity index (χ3v) is 5.98. The van der Waals surface area contributed by atoms with Crippen molar-refractivity contribution in [1.29, 1.82) is 0 Å². The van der Waals surface area contributed by atoms with Gasteiger partial charge in [-0.2, -0.15) is 0 Å². The van der Waals surface area contributed by atoms with Crippen LogP contribution in [0.15, 0.2) is 0 Å². The van der Waals surface area contributed by atoms with E-state index in [0.29, 0.717) is 32.5 Å². The van der Waals surface area contributed by atoms with Crippen LogP contribution in [0.5, 0.6) is 0 Å². The lowest BCUT2D eigenvalue weighted by molar-refractivity contribution is -0.170. The Morgan fingerprint density at radius 1 is 1.32 bits per heavy atom. The van der Waals surface area contributed by atoms with E-state index in [1.54, 1.807) is 6.92 Å². The maximum absolute atomic E-state index is 12.3. The van der Waals surface area contributed by atoms with Crippen molar-refractivity contribution in [2.24, 2.45) is 11.1 Å². The number of sulfonamides is 1. The fraction of sp³-hybridized carbons (Fsp3) is 0.929. The molecule has 0 aromatic heterocycles.